The molecule has 0 aromatic carbocycles. The minimum Gasteiger partial charge on any atom is -0.466 e. The summed E-state index contributed by atoms with van der Waals surface area (Å²) in [5.74, 6) is -1.72. The first kappa shape index (κ1) is 13.5. The molecule has 0 unspecified atom stereocenters. The fourth-order valence-electron chi connectivity index (χ4n) is 0.543. The van der Waals surface area contributed by atoms with Crippen LogP contribution in [0.1, 0.15) is 0 Å². The van der Waals surface area contributed by atoms with E-state index in [2.05, 4.69) is 9.47 Å². The molecule has 0 aliphatic rings. The van der Waals surface area contributed by atoms with Gasteiger partial charge in [-0.15, -0.1) is 0 Å². The Morgan fingerprint density at radius 1 is 1.14 bits per heavy atom. The Labute approximate surface area is 95.7 Å². The van der Waals surface area contributed by atoms with Crippen LogP contribution in [0.4, 0.5) is 0 Å². The Morgan fingerprint density at radius 3 is 1.93 bits per heavy atom. The van der Waals surface area contributed by atoms with E-state index >= 15 is 0 Å². The van der Waals surface area contributed by atoms with Crippen LogP contribution in [0, 0.1) is 0 Å². The van der Waals surface area contributed by atoms with Crippen LogP contribution in [-0.4, -0.2) is 30.0 Å². The summed E-state index contributed by atoms with van der Waals surface area (Å²) in [5, 5.41) is 0. The number of ether oxygens (including phenoxy) is 2. The van der Waals surface area contributed by atoms with Crippen molar-refractivity contribution < 1.29 is 19.1 Å². The van der Waals surface area contributed by atoms with E-state index in [1.54, 1.807) is 0 Å². The molecule has 0 spiro atoms. The number of esters is 2. The highest BCUT2D eigenvalue weighted by atomic mass is 35.6. The van der Waals surface area contributed by atoms with Gasteiger partial charge in [0, 0.05) is 6.08 Å². The summed E-state index contributed by atoms with van der Waals surface area (Å²) in [4.78, 5) is 21.9. The predicted molar refractivity (Wildman–Crippen MR) is 52.4 cm³/mol. The molecule has 80 valence electrons. The number of hydrogen-bond acceptors (Lipinski definition) is 4. The van der Waals surface area contributed by atoms with E-state index in [1.165, 1.54) is 0 Å². The molecule has 7 heteroatoms. The Kier molecular flexibility index (Phi) is 5.26. The maximum absolute atomic E-state index is 11.1. The zero-order valence-electron chi connectivity index (χ0n) is 7.34. The van der Waals surface area contributed by atoms with Crippen molar-refractivity contribution in [2.24, 2.45) is 0 Å². The third kappa shape index (κ3) is 4.17. The zero-order chi connectivity index (χ0) is 11.4. The summed E-state index contributed by atoms with van der Waals surface area (Å²) in [5.41, 5.74) is -0.406. The molecular weight excluding hydrogens is 254 g/mol. The molecule has 0 aliphatic carbocycles. The second-order valence-corrected chi connectivity index (χ2v) is 4.35. The fraction of sp³-hybridized carbons (Fsp3) is 0.429. The summed E-state index contributed by atoms with van der Waals surface area (Å²) in [6, 6.07) is 0. The lowest BCUT2D eigenvalue weighted by Gasteiger charge is -2.12. The second-order valence-electron chi connectivity index (χ2n) is 2.07. The molecule has 14 heavy (non-hydrogen) atoms. The molecule has 0 bridgehead atoms. The molecule has 0 aliphatic heterocycles. The monoisotopic (exact) mass is 260 g/mol. The number of alkyl halides is 3. The number of carbonyl (C=O) groups excluding carboxylic acids is 2. The SMILES string of the molecule is COC(=O)/C=C(/C(=O)OC)C(Cl)(Cl)Cl. The van der Waals surface area contributed by atoms with Crippen LogP contribution in [0.3, 0.4) is 0 Å². The average molecular weight is 261 g/mol. The van der Waals surface area contributed by atoms with Crippen molar-refractivity contribution in [3.63, 3.8) is 0 Å². The minimum absolute atomic E-state index is 0.406. The van der Waals surface area contributed by atoms with Crippen LogP contribution in [0.15, 0.2) is 11.6 Å². The van der Waals surface area contributed by atoms with E-state index in [9.17, 15) is 9.59 Å². The van der Waals surface area contributed by atoms with Gasteiger partial charge in [0.1, 0.15) is 0 Å². The van der Waals surface area contributed by atoms with Gasteiger partial charge in [-0.05, 0) is 0 Å². The molecule has 0 atom stereocenters. The van der Waals surface area contributed by atoms with Crippen LogP contribution >= 0.6 is 34.8 Å². The van der Waals surface area contributed by atoms with Crippen molar-refractivity contribution in [2.45, 2.75) is 3.79 Å². The minimum atomic E-state index is -2.03. The molecule has 0 saturated heterocycles. The Bertz CT molecular complexity index is 267. The average Bonchev–Trinajstić information content (AvgIpc) is 2.10. The molecule has 0 heterocycles. The summed E-state index contributed by atoms with van der Waals surface area (Å²) in [7, 11) is 2.23. The van der Waals surface area contributed by atoms with Crippen molar-refractivity contribution >= 4 is 46.7 Å². The molecular formula is C7H7Cl3O4. The molecule has 0 rings (SSSR count). The normalized spacial score (nSPS) is 12.2. The van der Waals surface area contributed by atoms with Crippen molar-refractivity contribution in [1.29, 1.82) is 0 Å². The molecule has 0 amide bonds. The fourth-order valence-corrected chi connectivity index (χ4v) is 0.938. The van der Waals surface area contributed by atoms with Crippen molar-refractivity contribution in [1.82, 2.24) is 0 Å². The summed E-state index contributed by atoms with van der Waals surface area (Å²) >= 11 is 16.3. The van der Waals surface area contributed by atoms with Crippen molar-refractivity contribution in [2.75, 3.05) is 14.2 Å². The molecule has 0 fully saturated rings. The van der Waals surface area contributed by atoms with Gasteiger partial charge in [0.15, 0.2) is 0 Å². The van der Waals surface area contributed by atoms with E-state index in [1.807, 2.05) is 0 Å². The third-order valence-corrected chi connectivity index (χ3v) is 1.78. The van der Waals surface area contributed by atoms with Crippen LogP contribution in [-0.2, 0) is 19.1 Å². The quantitative estimate of drug-likeness (QED) is 0.431. The van der Waals surface area contributed by atoms with Gasteiger partial charge in [-0.25, -0.2) is 9.59 Å². The van der Waals surface area contributed by atoms with Gasteiger partial charge in [0.05, 0.1) is 19.8 Å². The highest BCUT2D eigenvalue weighted by Crippen LogP contribution is 2.35. The van der Waals surface area contributed by atoms with Gasteiger partial charge < -0.3 is 9.47 Å². The summed E-state index contributed by atoms with van der Waals surface area (Å²) in [6.45, 7) is 0. The van der Waals surface area contributed by atoms with Gasteiger partial charge in [0.25, 0.3) is 0 Å². The topological polar surface area (TPSA) is 52.6 Å². The number of rotatable bonds is 2. The molecule has 0 aromatic heterocycles. The number of carbonyl (C=O) groups is 2. The first-order valence-electron chi connectivity index (χ1n) is 3.28. The Balaban J connectivity index is 5.02. The first-order valence-corrected chi connectivity index (χ1v) is 4.41. The van der Waals surface area contributed by atoms with Crippen LogP contribution in [0.5, 0.6) is 0 Å². The summed E-state index contributed by atoms with van der Waals surface area (Å²) in [6.07, 6.45) is 0.763. The lowest BCUT2D eigenvalue weighted by molar-refractivity contribution is -0.138. The molecule has 0 N–H and O–H groups in total. The third-order valence-electron chi connectivity index (χ3n) is 1.17. The highest BCUT2D eigenvalue weighted by molar-refractivity contribution is 6.71. The van der Waals surface area contributed by atoms with Gasteiger partial charge in [-0.1, -0.05) is 34.8 Å². The number of hydrogen-bond donors (Lipinski definition) is 0. The van der Waals surface area contributed by atoms with Gasteiger partial charge >= 0.3 is 11.9 Å². The maximum atomic E-state index is 11.1. The van der Waals surface area contributed by atoms with E-state index in [0.717, 1.165) is 20.3 Å². The van der Waals surface area contributed by atoms with Crippen LogP contribution in [0.2, 0.25) is 0 Å². The van der Waals surface area contributed by atoms with E-state index < -0.39 is 21.3 Å². The lowest BCUT2D eigenvalue weighted by Crippen LogP contribution is -2.19. The largest absolute Gasteiger partial charge is 0.466 e. The molecule has 4 nitrogen and oxygen atoms in total. The van der Waals surface area contributed by atoms with Gasteiger partial charge in [-0.3, -0.25) is 0 Å². The molecule has 0 radical (unpaired) electrons. The summed E-state index contributed by atoms with van der Waals surface area (Å²) < 4.78 is 6.56. The van der Waals surface area contributed by atoms with Crippen molar-refractivity contribution in [3.8, 4) is 0 Å². The molecule has 0 saturated carbocycles. The first-order chi connectivity index (χ1) is 6.32. The van der Waals surface area contributed by atoms with Crippen molar-refractivity contribution in [3.05, 3.63) is 11.6 Å². The highest BCUT2D eigenvalue weighted by Gasteiger charge is 2.33. The molecule has 0 aromatic rings. The maximum Gasteiger partial charge on any atom is 0.338 e. The Hall–Kier alpha value is -0.450. The number of methoxy groups -OCH3 is 2. The zero-order valence-corrected chi connectivity index (χ0v) is 9.61. The Morgan fingerprint density at radius 2 is 1.64 bits per heavy atom. The van der Waals surface area contributed by atoms with E-state index in [-0.39, 0.29) is 0 Å². The second kappa shape index (κ2) is 5.44. The standard InChI is InChI=1S/C7H7Cl3O4/c1-13-5(11)3-4(6(12)14-2)7(8,9)10/h3H,1-2H3/b4-3-. The van der Waals surface area contributed by atoms with Gasteiger partial charge in [0.2, 0.25) is 3.79 Å². The van der Waals surface area contributed by atoms with Crippen LogP contribution < -0.4 is 0 Å². The van der Waals surface area contributed by atoms with Gasteiger partial charge in [-0.2, -0.15) is 0 Å². The number of halogens is 3. The van der Waals surface area contributed by atoms with E-state index in [0.29, 0.717) is 0 Å². The van der Waals surface area contributed by atoms with Crippen LogP contribution in [0.25, 0.3) is 0 Å². The predicted octanol–water partition coefficient (Wildman–Crippen LogP) is 1.63. The smallest absolute Gasteiger partial charge is 0.338 e. The van der Waals surface area contributed by atoms with E-state index in [4.69, 9.17) is 34.8 Å². The lowest BCUT2D eigenvalue weighted by atomic mass is 10.3.